The molecule has 0 saturated heterocycles. The van der Waals surface area contributed by atoms with E-state index in [9.17, 15) is 9.90 Å². The highest BCUT2D eigenvalue weighted by Gasteiger charge is 2.30. The molecule has 0 aliphatic heterocycles. The van der Waals surface area contributed by atoms with Gasteiger partial charge < -0.3 is 15.4 Å². The fourth-order valence-corrected chi connectivity index (χ4v) is 1.58. The molecule has 4 heteroatoms. The fourth-order valence-electron chi connectivity index (χ4n) is 1.58. The molecule has 4 nitrogen and oxygen atoms in total. The summed E-state index contributed by atoms with van der Waals surface area (Å²) in [6.45, 7) is 0. The van der Waals surface area contributed by atoms with Gasteiger partial charge in [0.1, 0.15) is 0 Å². The van der Waals surface area contributed by atoms with Crippen LogP contribution in [-0.2, 0) is 0 Å². The maximum Gasteiger partial charge on any atom is 0.274 e. The van der Waals surface area contributed by atoms with Gasteiger partial charge >= 0.3 is 0 Å². The molecule has 0 bridgehead atoms. The van der Waals surface area contributed by atoms with Crippen LogP contribution in [0, 0.1) is 0 Å². The van der Waals surface area contributed by atoms with Gasteiger partial charge in [0.25, 0.3) is 5.56 Å². The standard InChI is InChI=1S/C9H12N2O2/c10-6-2-1-5-11(9(6)13)7-3-4-8(7)12/h1-2,5,7-8,12H,3-4,10H2/t7?,8-/m0/s1. The molecular formula is C9H12N2O2. The van der Waals surface area contributed by atoms with E-state index in [1.807, 2.05) is 0 Å². The summed E-state index contributed by atoms with van der Waals surface area (Å²) in [5.41, 5.74) is 5.50. The van der Waals surface area contributed by atoms with Crippen LogP contribution in [0.3, 0.4) is 0 Å². The molecule has 3 N–H and O–H groups in total. The maximum absolute atomic E-state index is 11.5. The minimum absolute atomic E-state index is 0.0731. The third-order valence-electron chi connectivity index (χ3n) is 2.56. The van der Waals surface area contributed by atoms with Crippen molar-refractivity contribution < 1.29 is 5.11 Å². The number of anilines is 1. The Kier molecular flexibility index (Phi) is 1.84. The van der Waals surface area contributed by atoms with Crippen molar-refractivity contribution in [2.75, 3.05) is 5.73 Å². The summed E-state index contributed by atoms with van der Waals surface area (Å²) >= 11 is 0. The van der Waals surface area contributed by atoms with Gasteiger partial charge in [-0.25, -0.2) is 0 Å². The van der Waals surface area contributed by atoms with Gasteiger partial charge in [-0.2, -0.15) is 0 Å². The van der Waals surface area contributed by atoms with Gasteiger partial charge in [-0.05, 0) is 25.0 Å². The van der Waals surface area contributed by atoms with Gasteiger partial charge in [-0.15, -0.1) is 0 Å². The van der Waals surface area contributed by atoms with E-state index in [1.54, 1.807) is 18.3 Å². The van der Waals surface area contributed by atoms with Crippen molar-refractivity contribution in [2.45, 2.75) is 25.0 Å². The number of aliphatic hydroxyl groups is 1. The normalized spacial score (nSPS) is 26.8. The van der Waals surface area contributed by atoms with Crippen LogP contribution in [0.5, 0.6) is 0 Å². The average molecular weight is 180 g/mol. The highest BCUT2D eigenvalue weighted by Crippen LogP contribution is 2.30. The Morgan fingerprint density at radius 1 is 1.54 bits per heavy atom. The van der Waals surface area contributed by atoms with E-state index >= 15 is 0 Å². The molecule has 1 aliphatic rings. The number of nitrogens with zero attached hydrogens (tertiary/aromatic N) is 1. The lowest BCUT2D eigenvalue weighted by molar-refractivity contribution is 0.0300. The minimum atomic E-state index is -0.389. The van der Waals surface area contributed by atoms with E-state index in [0.717, 1.165) is 12.8 Å². The molecular weight excluding hydrogens is 168 g/mol. The Morgan fingerprint density at radius 3 is 2.85 bits per heavy atom. The van der Waals surface area contributed by atoms with Crippen molar-refractivity contribution in [3.05, 3.63) is 28.7 Å². The molecule has 70 valence electrons. The van der Waals surface area contributed by atoms with Crippen molar-refractivity contribution >= 4 is 5.69 Å². The molecule has 0 amide bonds. The van der Waals surface area contributed by atoms with E-state index in [4.69, 9.17) is 5.73 Å². The van der Waals surface area contributed by atoms with E-state index in [1.165, 1.54) is 4.57 Å². The van der Waals surface area contributed by atoms with E-state index in [0.29, 0.717) is 0 Å². The summed E-state index contributed by atoms with van der Waals surface area (Å²) < 4.78 is 1.52. The van der Waals surface area contributed by atoms with Crippen LogP contribution in [-0.4, -0.2) is 15.8 Å². The van der Waals surface area contributed by atoms with Crippen LogP contribution in [0.2, 0.25) is 0 Å². The molecule has 1 fully saturated rings. The summed E-state index contributed by atoms with van der Waals surface area (Å²) in [5.74, 6) is 0. The lowest BCUT2D eigenvalue weighted by atomic mass is 9.89. The first-order valence-electron chi connectivity index (χ1n) is 4.35. The molecule has 1 unspecified atom stereocenters. The highest BCUT2D eigenvalue weighted by atomic mass is 16.3. The second-order valence-electron chi connectivity index (χ2n) is 3.39. The zero-order chi connectivity index (χ0) is 9.42. The van der Waals surface area contributed by atoms with Crippen molar-refractivity contribution in [2.24, 2.45) is 0 Å². The Bertz CT molecular complexity index is 372. The van der Waals surface area contributed by atoms with Gasteiger partial charge in [0.05, 0.1) is 17.8 Å². The number of hydrogen-bond acceptors (Lipinski definition) is 3. The summed E-state index contributed by atoms with van der Waals surface area (Å²) in [7, 11) is 0. The Morgan fingerprint density at radius 2 is 2.31 bits per heavy atom. The predicted molar refractivity (Wildman–Crippen MR) is 49.4 cm³/mol. The summed E-state index contributed by atoms with van der Waals surface area (Å²) in [6.07, 6.45) is 2.90. The third-order valence-corrected chi connectivity index (χ3v) is 2.56. The summed E-state index contributed by atoms with van der Waals surface area (Å²) in [4.78, 5) is 11.5. The number of aliphatic hydroxyl groups excluding tert-OH is 1. The molecule has 1 aromatic heterocycles. The number of nitrogens with two attached hydrogens (primary N) is 1. The van der Waals surface area contributed by atoms with Crippen LogP contribution in [0.15, 0.2) is 23.1 Å². The molecule has 1 heterocycles. The Labute approximate surface area is 75.6 Å². The van der Waals surface area contributed by atoms with E-state index < -0.39 is 0 Å². The summed E-state index contributed by atoms with van der Waals surface area (Å²) in [5, 5.41) is 9.38. The number of rotatable bonds is 1. The van der Waals surface area contributed by atoms with Crippen LogP contribution in [0.1, 0.15) is 18.9 Å². The number of aromatic nitrogens is 1. The van der Waals surface area contributed by atoms with Crippen LogP contribution in [0.25, 0.3) is 0 Å². The topological polar surface area (TPSA) is 68.2 Å². The fraction of sp³-hybridized carbons (Fsp3) is 0.444. The molecule has 0 aromatic carbocycles. The van der Waals surface area contributed by atoms with Gasteiger partial charge in [0.15, 0.2) is 0 Å². The first-order chi connectivity index (χ1) is 6.20. The number of nitrogen functional groups attached to an aromatic ring is 1. The van der Waals surface area contributed by atoms with E-state index in [2.05, 4.69) is 0 Å². The minimum Gasteiger partial charge on any atom is -0.394 e. The predicted octanol–water partition coefficient (Wildman–Crippen LogP) is 0.126. The number of hydrogen-bond donors (Lipinski definition) is 2. The maximum atomic E-state index is 11.5. The van der Waals surface area contributed by atoms with Crippen molar-refractivity contribution in [1.82, 2.24) is 4.57 Å². The molecule has 0 radical (unpaired) electrons. The average Bonchev–Trinajstić information content (AvgIpc) is 2.10. The van der Waals surface area contributed by atoms with Crippen LogP contribution in [0.4, 0.5) is 5.69 Å². The first kappa shape index (κ1) is 8.31. The third kappa shape index (κ3) is 1.23. The monoisotopic (exact) mass is 180 g/mol. The smallest absolute Gasteiger partial charge is 0.274 e. The zero-order valence-electron chi connectivity index (χ0n) is 7.18. The Hall–Kier alpha value is -1.29. The van der Waals surface area contributed by atoms with Gasteiger partial charge in [-0.1, -0.05) is 0 Å². The molecule has 13 heavy (non-hydrogen) atoms. The van der Waals surface area contributed by atoms with Crippen LogP contribution < -0.4 is 11.3 Å². The quantitative estimate of drug-likeness (QED) is 0.645. The van der Waals surface area contributed by atoms with Gasteiger partial charge in [0, 0.05) is 6.20 Å². The van der Waals surface area contributed by atoms with Crippen molar-refractivity contribution in [3.63, 3.8) is 0 Å². The molecule has 1 saturated carbocycles. The van der Waals surface area contributed by atoms with Gasteiger partial charge in [0.2, 0.25) is 0 Å². The lowest BCUT2D eigenvalue weighted by Crippen LogP contribution is -2.39. The SMILES string of the molecule is Nc1cccn(C2CC[C@@H]2O)c1=O. The van der Waals surface area contributed by atoms with Crippen molar-refractivity contribution in [1.29, 1.82) is 0 Å². The molecule has 1 aromatic rings. The summed E-state index contributed by atoms with van der Waals surface area (Å²) in [6, 6.07) is 3.22. The van der Waals surface area contributed by atoms with Crippen molar-refractivity contribution in [3.8, 4) is 0 Å². The zero-order valence-corrected chi connectivity index (χ0v) is 7.18. The second-order valence-corrected chi connectivity index (χ2v) is 3.39. The molecule has 1 aliphatic carbocycles. The molecule has 2 rings (SSSR count). The Balaban J connectivity index is 2.40. The van der Waals surface area contributed by atoms with E-state index in [-0.39, 0.29) is 23.4 Å². The van der Waals surface area contributed by atoms with Crippen LogP contribution >= 0.6 is 0 Å². The number of pyridine rings is 1. The molecule has 0 spiro atoms. The lowest BCUT2D eigenvalue weighted by Gasteiger charge is -2.33. The molecule has 2 atom stereocenters. The highest BCUT2D eigenvalue weighted by molar-refractivity contribution is 5.33. The van der Waals surface area contributed by atoms with Gasteiger partial charge in [-0.3, -0.25) is 4.79 Å². The second kappa shape index (κ2) is 2.88. The first-order valence-corrected chi connectivity index (χ1v) is 4.35. The largest absolute Gasteiger partial charge is 0.394 e.